The highest BCUT2D eigenvalue weighted by Gasteiger charge is 2.16. The van der Waals surface area contributed by atoms with Crippen molar-refractivity contribution in [2.75, 3.05) is 57.6 Å². The number of fused-ring (bicyclic) bond motifs is 1. The highest BCUT2D eigenvalue weighted by Crippen LogP contribution is 2.31. The van der Waals surface area contributed by atoms with Crippen molar-refractivity contribution in [3.8, 4) is 11.5 Å². The molecule has 0 atom stereocenters. The van der Waals surface area contributed by atoms with Crippen LogP contribution in [0.2, 0.25) is 0 Å². The van der Waals surface area contributed by atoms with Gasteiger partial charge in [0.05, 0.1) is 50.2 Å². The van der Waals surface area contributed by atoms with Crippen LogP contribution >= 0.6 is 0 Å². The number of hydrogen-bond acceptors (Lipinski definition) is 7. The zero-order valence-electron chi connectivity index (χ0n) is 17.2. The molecule has 0 unspecified atom stereocenters. The van der Waals surface area contributed by atoms with Crippen LogP contribution in [0.25, 0.3) is 6.08 Å². The lowest BCUT2D eigenvalue weighted by Gasteiger charge is -2.15. The summed E-state index contributed by atoms with van der Waals surface area (Å²) in [6.07, 6.45) is 1.65. The van der Waals surface area contributed by atoms with E-state index in [2.05, 4.69) is 11.3 Å². The van der Waals surface area contributed by atoms with Crippen molar-refractivity contribution >= 4 is 21.8 Å². The van der Waals surface area contributed by atoms with E-state index in [0.717, 1.165) is 5.56 Å². The van der Waals surface area contributed by atoms with E-state index in [1.807, 2.05) is 0 Å². The molecule has 8 nitrogen and oxygen atoms in total. The van der Waals surface area contributed by atoms with Crippen LogP contribution in [0.15, 0.2) is 53.9 Å². The first-order valence-corrected chi connectivity index (χ1v) is 11.4. The van der Waals surface area contributed by atoms with Gasteiger partial charge in [-0.05, 0) is 29.8 Å². The van der Waals surface area contributed by atoms with Crippen molar-refractivity contribution in [3.63, 3.8) is 0 Å². The summed E-state index contributed by atoms with van der Waals surface area (Å²) < 4.78 is 55.8. The van der Waals surface area contributed by atoms with Crippen LogP contribution in [0, 0.1) is 0 Å². The first-order chi connectivity index (χ1) is 15.1. The van der Waals surface area contributed by atoms with Crippen LogP contribution < -0.4 is 14.2 Å². The average Bonchev–Trinajstić information content (AvgIpc) is 2.78. The fourth-order valence-electron chi connectivity index (χ4n) is 2.76. The maximum absolute atomic E-state index is 12.7. The van der Waals surface area contributed by atoms with Crippen LogP contribution in [0.3, 0.4) is 0 Å². The molecule has 2 aromatic carbocycles. The van der Waals surface area contributed by atoms with E-state index in [9.17, 15) is 8.42 Å². The van der Waals surface area contributed by atoms with Gasteiger partial charge >= 0.3 is 0 Å². The summed E-state index contributed by atoms with van der Waals surface area (Å²) in [5, 5.41) is 0. The molecule has 0 fully saturated rings. The molecule has 1 aliphatic rings. The highest BCUT2D eigenvalue weighted by molar-refractivity contribution is 7.92. The number of ether oxygens (including phenoxy) is 5. The molecule has 168 valence electrons. The fourth-order valence-corrected chi connectivity index (χ4v) is 3.81. The van der Waals surface area contributed by atoms with E-state index in [-0.39, 0.29) is 11.5 Å². The van der Waals surface area contributed by atoms with Gasteiger partial charge in [0.2, 0.25) is 0 Å². The minimum Gasteiger partial charge on any atom is -0.487 e. The van der Waals surface area contributed by atoms with Crippen molar-refractivity contribution in [1.82, 2.24) is 0 Å². The normalized spacial score (nSPS) is 16.5. The van der Waals surface area contributed by atoms with Gasteiger partial charge in [-0.3, -0.25) is 4.72 Å². The molecule has 0 radical (unpaired) electrons. The third-order valence-corrected chi connectivity index (χ3v) is 5.73. The van der Waals surface area contributed by atoms with Gasteiger partial charge in [-0.2, -0.15) is 0 Å². The standard InChI is InChI=1S/C22H27NO7S/c1-2-18-3-6-20(7-4-18)31(24,25)23-19-5-8-21-22(17-19)30-16-14-28-12-10-26-9-11-27-13-15-29-21/h2-8,17,23H,1,9-16H2. The Balaban J connectivity index is 1.73. The zero-order valence-corrected chi connectivity index (χ0v) is 18.1. The smallest absolute Gasteiger partial charge is 0.261 e. The summed E-state index contributed by atoms with van der Waals surface area (Å²) in [6, 6.07) is 11.3. The molecule has 0 aromatic heterocycles. The molecule has 9 heteroatoms. The van der Waals surface area contributed by atoms with Gasteiger partial charge in [0, 0.05) is 6.07 Å². The summed E-state index contributed by atoms with van der Waals surface area (Å²) in [5.74, 6) is 0.907. The summed E-state index contributed by atoms with van der Waals surface area (Å²) in [7, 11) is -3.76. The molecule has 1 heterocycles. The third-order valence-electron chi connectivity index (χ3n) is 4.34. The summed E-state index contributed by atoms with van der Waals surface area (Å²) in [4.78, 5) is 0.152. The fraction of sp³-hybridized carbons (Fsp3) is 0.364. The van der Waals surface area contributed by atoms with Gasteiger partial charge in [0.1, 0.15) is 13.2 Å². The third kappa shape index (κ3) is 7.25. The topological polar surface area (TPSA) is 92.3 Å². The molecule has 0 spiro atoms. The van der Waals surface area contributed by atoms with Crippen molar-refractivity contribution < 1.29 is 32.1 Å². The Morgan fingerprint density at radius 2 is 1.29 bits per heavy atom. The van der Waals surface area contributed by atoms with Crippen molar-refractivity contribution in [3.05, 3.63) is 54.6 Å². The Morgan fingerprint density at radius 3 is 1.87 bits per heavy atom. The van der Waals surface area contributed by atoms with E-state index >= 15 is 0 Å². The lowest BCUT2D eigenvalue weighted by molar-refractivity contribution is 0.00708. The molecule has 3 rings (SSSR count). The predicted molar refractivity (Wildman–Crippen MR) is 117 cm³/mol. The second-order valence-electron chi connectivity index (χ2n) is 6.57. The lowest BCUT2D eigenvalue weighted by atomic mass is 10.2. The Labute approximate surface area is 182 Å². The Bertz CT molecular complexity index is 945. The SMILES string of the molecule is C=Cc1ccc(S(=O)(=O)Nc2ccc3c(c2)OCCOCCOCCOCCO3)cc1. The number of benzene rings is 2. The molecular formula is C22H27NO7S. The van der Waals surface area contributed by atoms with Crippen molar-refractivity contribution in [2.24, 2.45) is 0 Å². The lowest BCUT2D eigenvalue weighted by Crippen LogP contribution is -2.14. The molecule has 0 bridgehead atoms. The first kappa shape index (κ1) is 23.1. The van der Waals surface area contributed by atoms with Gasteiger partial charge in [-0.15, -0.1) is 0 Å². The molecule has 0 amide bonds. The van der Waals surface area contributed by atoms with Crippen LogP contribution in [-0.2, 0) is 24.2 Å². The predicted octanol–water partition coefficient (Wildman–Crippen LogP) is 2.95. The molecular weight excluding hydrogens is 422 g/mol. The molecule has 0 aliphatic carbocycles. The summed E-state index contributed by atoms with van der Waals surface area (Å²) >= 11 is 0. The van der Waals surface area contributed by atoms with Gasteiger partial charge in [-0.1, -0.05) is 24.8 Å². The molecule has 1 aliphatic heterocycles. The van der Waals surface area contributed by atoms with Gasteiger partial charge in [-0.25, -0.2) is 8.42 Å². The maximum atomic E-state index is 12.7. The Hall–Kier alpha value is -2.59. The number of sulfonamides is 1. The number of hydrogen-bond donors (Lipinski definition) is 1. The maximum Gasteiger partial charge on any atom is 0.261 e. The minimum absolute atomic E-state index is 0.152. The van der Waals surface area contributed by atoms with Crippen LogP contribution in [0.4, 0.5) is 5.69 Å². The summed E-state index contributed by atoms with van der Waals surface area (Å²) in [5.41, 5.74) is 1.20. The monoisotopic (exact) mass is 449 g/mol. The van der Waals surface area contributed by atoms with Gasteiger partial charge < -0.3 is 23.7 Å². The molecule has 0 saturated heterocycles. The second-order valence-corrected chi connectivity index (χ2v) is 8.26. The molecule has 1 N–H and O–H groups in total. The van der Waals surface area contributed by atoms with E-state index in [1.165, 1.54) is 12.1 Å². The number of nitrogens with one attached hydrogen (secondary N) is 1. The molecule has 0 saturated carbocycles. The number of rotatable bonds is 4. The van der Waals surface area contributed by atoms with Gasteiger partial charge in [0.15, 0.2) is 11.5 Å². The average molecular weight is 450 g/mol. The van der Waals surface area contributed by atoms with Crippen LogP contribution in [0.5, 0.6) is 11.5 Å². The van der Waals surface area contributed by atoms with Crippen molar-refractivity contribution in [1.29, 1.82) is 0 Å². The quantitative estimate of drug-likeness (QED) is 0.767. The summed E-state index contributed by atoms with van der Waals surface area (Å²) in [6.45, 7) is 6.95. The minimum atomic E-state index is -3.76. The second kappa shape index (κ2) is 11.7. The molecule has 31 heavy (non-hydrogen) atoms. The number of anilines is 1. The Morgan fingerprint density at radius 1 is 0.742 bits per heavy atom. The van der Waals surface area contributed by atoms with Crippen LogP contribution in [-0.4, -0.2) is 61.3 Å². The first-order valence-electron chi connectivity index (χ1n) is 9.97. The Kier molecular flexibility index (Phi) is 8.72. The molecule has 2 aromatic rings. The largest absolute Gasteiger partial charge is 0.487 e. The van der Waals surface area contributed by atoms with Crippen LogP contribution in [0.1, 0.15) is 5.56 Å². The van der Waals surface area contributed by atoms with E-state index in [4.69, 9.17) is 23.7 Å². The van der Waals surface area contributed by atoms with Crippen molar-refractivity contribution in [2.45, 2.75) is 4.90 Å². The van der Waals surface area contributed by atoms with E-state index in [0.29, 0.717) is 63.4 Å². The van der Waals surface area contributed by atoms with E-state index in [1.54, 1.807) is 36.4 Å². The van der Waals surface area contributed by atoms with E-state index < -0.39 is 10.0 Å². The van der Waals surface area contributed by atoms with Gasteiger partial charge in [0.25, 0.3) is 10.0 Å². The highest BCUT2D eigenvalue weighted by atomic mass is 32.2. The zero-order chi connectivity index (χ0) is 21.9.